The van der Waals surface area contributed by atoms with E-state index < -0.39 is 0 Å². The van der Waals surface area contributed by atoms with E-state index in [9.17, 15) is 5.21 Å². The van der Waals surface area contributed by atoms with E-state index in [1.165, 1.54) is 0 Å². The first-order valence-electron chi connectivity index (χ1n) is 4.08. The van der Waals surface area contributed by atoms with Crippen molar-refractivity contribution in [3.8, 4) is 0 Å². The first-order chi connectivity index (χ1) is 4.50. The molecule has 0 bridgehead atoms. The second-order valence-corrected chi connectivity index (χ2v) is 5.27. The van der Waals surface area contributed by atoms with E-state index >= 15 is 0 Å². The summed E-state index contributed by atoms with van der Waals surface area (Å²) in [6.07, 6.45) is 0. The summed E-state index contributed by atoms with van der Waals surface area (Å²) in [5, 5.41) is 12.1. The van der Waals surface area contributed by atoms with E-state index in [0.717, 1.165) is 0 Å². The molecule has 0 rings (SSSR count). The summed E-state index contributed by atoms with van der Waals surface area (Å²) in [6.45, 7) is 11.9. The Morgan fingerprint density at radius 1 is 0.818 bits per heavy atom. The molecule has 2 heteroatoms. The molecule has 11 heavy (non-hydrogen) atoms. The predicted molar refractivity (Wildman–Crippen MR) is 49.1 cm³/mol. The second kappa shape index (κ2) is 2.46. The summed E-state index contributed by atoms with van der Waals surface area (Å²) < 4.78 is -0.208. The van der Waals surface area contributed by atoms with Gasteiger partial charge in [0.2, 0.25) is 0 Å². The van der Waals surface area contributed by atoms with Crippen LogP contribution < -0.4 is 0 Å². The molecule has 0 spiro atoms. The van der Waals surface area contributed by atoms with Crippen LogP contribution in [0, 0.1) is 5.21 Å². The number of hydrogen-bond donors (Lipinski definition) is 0. The van der Waals surface area contributed by atoms with Crippen LogP contribution >= 0.6 is 0 Å². The zero-order chi connectivity index (χ0) is 9.50. The highest BCUT2D eigenvalue weighted by Crippen LogP contribution is 2.31. The molecule has 0 aromatic heterocycles. The first kappa shape index (κ1) is 10.9. The average Bonchev–Trinajstić information content (AvgIpc) is 1.58. The second-order valence-electron chi connectivity index (χ2n) is 5.27. The minimum atomic E-state index is -0.238. The molecule has 0 radical (unpaired) electrons. The molecule has 0 N–H and O–H groups in total. The van der Waals surface area contributed by atoms with Gasteiger partial charge in [-0.05, 0) is 41.5 Å². The Balaban J connectivity index is 4.75. The smallest absolute Gasteiger partial charge is 0.0906 e. The zero-order valence-electron chi connectivity index (χ0n) is 8.86. The van der Waals surface area contributed by atoms with Crippen LogP contribution in [0.4, 0.5) is 0 Å². The van der Waals surface area contributed by atoms with Gasteiger partial charge in [-0.2, -0.15) is 0 Å². The lowest BCUT2D eigenvalue weighted by molar-refractivity contribution is -0.951. The molecule has 0 aromatic carbocycles. The van der Waals surface area contributed by atoms with Gasteiger partial charge in [-0.3, -0.25) is 0 Å². The van der Waals surface area contributed by atoms with E-state index in [-0.39, 0.29) is 15.7 Å². The summed E-state index contributed by atoms with van der Waals surface area (Å²) in [7, 11) is 1.74. The van der Waals surface area contributed by atoms with Crippen molar-refractivity contribution in [3.63, 3.8) is 0 Å². The minimum Gasteiger partial charge on any atom is -0.632 e. The Morgan fingerprint density at radius 3 is 1.00 bits per heavy atom. The normalized spacial score (nSPS) is 15.3. The van der Waals surface area contributed by atoms with Crippen LogP contribution in [-0.2, 0) is 0 Å². The van der Waals surface area contributed by atoms with Crippen molar-refractivity contribution < 1.29 is 4.65 Å². The SMILES string of the molecule is CC(C)(C)[N+](C)([O-])C(C)(C)C. The van der Waals surface area contributed by atoms with Gasteiger partial charge in [-0.25, -0.2) is 0 Å². The maximum absolute atomic E-state index is 12.1. The molecular weight excluding hydrogens is 138 g/mol. The third-order valence-corrected chi connectivity index (χ3v) is 2.56. The van der Waals surface area contributed by atoms with Crippen LogP contribution in [0.5, 0.6) is 0 Å². The lowest BCUT2D eigenvalue weighted by Crippen LogP contribution is -2.62. The Kier molecular flexibility index (Phi) is 2.44. The Morgan fingerprint density at radius 2 is 1.00 bits per heavy atom. The van der Waals surface area contributed by atoms with E-state index in [4.69, 9.17) is 0 Å². The molecule has 0 saturated carbocycles. The molecule has 0 heterocycles. The molecule has 0 atom stereocenters. The summed E-state index contributed by atoms with van der Waals surface area (Å²) in [5.41, 5.74) is -0.476. The molecule has 0 unspecified atom stereocenters. The Labute approximate surface area is 70.4 Å². The molecule has 68 valence electrons. The van der Waals surface area contributed by atoms with E-state index in [1.807, 2.05) is 41.5 Å². The summed E-state index contributed by atoms with van der Waals surface area (Å²) in [6, 6.07) is 0. The third kappa shape index (κ3) is 1.94. The fraction of sp³-hybridized carbons (Fsp3) is 1.00. The summed E-state index contributed by atoms with van der Waals surface area (Å²) in [4.78, 5) is 0. The first-order valence-corrected chi connectivity index (χ1v) is 4.08. The average molecular weight is 159 g/mol. The fourth-order valence-corrected chi connectivity index (χ4v) is 1.01. The number of quaternary nitrogens is 1. The van der Waals surface area contributed by atoms with Gasteiger partial charge in [0.05, 0.1) is 18.1 Å². The van der Waals surface area contributed by atoms with E-state index in [1.54, 1.807) is 7.05 Å². The molecule has 0 aliphatic rings. The lowest BCUT2D eigenvalue weighted by Gasteiger charge is -2.58. The fourth-order valence-electron chi connectivity index (χ4n) is 1.01. The zero-order valence-corrected chi connectivity index (χ0v) is 8.86. The van der Waals surface area contributed by atoms with Crippen LogP contribution in [0.1, 0.15) is 41.5 Å². The standard InChI is InChI=1S/C9H21NO/c1-8(2,3)10(7,11)9(4,5)6/h1-7H3. The van der Waals surface area contributed by atoms with Gasteiger partial charge in [0, 0.05) is 0 Å². The van der Waals surface area contributed by atoms with Crippen LogP contribution in [0.2, 0.25) is 0 Å². The predicted octanol–water partition coefficient (Wildman–Crippen LogP) is 2.53. The Hall–Kier alpha value is -0.0800. The van der Waals surface area contributed by atoms with Crippen molar-refractivity contribution in [2.75, 3.05) is 7.05 Å². The lowest BCUT2D eigenvalue weighted by atomic mass is 9.96. The van der Waals surface area contributed by atoms with Crippen molar-refractivity contribution in [2.45, 2.75) is 52.6 Å². The highest BCUT2D eigenvalue weighted by atomic mass is 16.6. The van der Waals surface area contributed by atoms with Gasteiger partial charge in [0.1, 0.15) is 0 Å². The largest absolute Gasteiger partial charge is 0.632 e. The Bertz CT molecular complexity index is 121. The monoisotopic (exact) mass is 159 g/mol. The maximum atomic E-state index is 12.1. The number of nitrogens with zero attached hydrogens (tertiary/aromatic N) is 1. The molecule has 0 fully saturated rings. The van der Waals surface area contributed by atoms with Crippen LogP contribution in [-0.4, -0.2) is 22.8 Å². The van der Waals surface area contributed by atoms with Gasteiger partial charge in [-0.1, -0.05) is 0 Å². The topological polar surface area (TPSA) is 23.1 Å². The van der Waals surface area contributed by atoms with Gasteiger partial charge in [-0.15, -0.1) is 0 Å². The van der Waals surface area contributed by atoms with Gasteiger partial charge < -0.3 is 9.85 Å². The third-order valence-electron chi connectivity index (χ3n) is 2.56. The van der Waals surface area contributed by atoms with Crippen molar-refractivity contribution in [1.29, 1.82) is 0 Å². The molecule has 0 saturated heterocycles. The molecule has 0 aromatic rings. The van der Waals surface area contributed by atoms with Gasteiger partial charge in [0.25, 0.3) is 0 Å². The summed E-state index contributed by atoms with van der Waals surface area (Å²) >= 11 is 0. The van der Waals surface area contributed by atoms with Crippen molar-refractivity contribution in [1.82, 2.24) is 0 Å². The molecule has 0 aliphatic heterocycles. The molecule has 0 aliphatic carbocycles. The van der Waals surface area contributed by atoms with Gasteiger partial charge in [0.15, 0.2) is 0 Å². The number of hydroxylamine groups is 3. The van der Waals surface area contributed by atoms with E-state index in [0.29, 0.717) is 0 Å². The quantitative estimate of drug-likeness (QED) is 0.393. The van der Waals surface area contributed by atoms with Crippen molar-refractivity contribution in [2.24, 2.45) is 0 Å². The van der Waals surface area contributed by atoms with Crippen molar-refractivity contribution >= 4 is 0 Å². The molecule has 0 amide bonds. The maximum Gasteiger partial charge on any atom is 0.0906 e. The van der Waals surface area contributed by atoms with E-state index in [2.05, 4.69) is 0 Å². The highest BCUT2D eigenvalue weighted by Gasteiger charge is 2.38. The molecule has 2 nitrogen and oxygen atoms in total. The molecular formula is C9H21NO. The van der Waals surface area contributed by atoms with Crippen molar-refractivity contribution in [3.05, 3.63) is 5.21 Å². The van der Waals surface area contributed by atoms with Crippen LogP contribution in [0.25, 0.3) is 0 Å². The summed E-state index contributed by atoms with van der Waals surface area (Å²) in [5.74, 6) is 0. The number of hydrogen-bond acceptors (Lipinski definition) is 1. The van der Waals surface area contributed by atoms with Crippen LogP contribution in [0.3, 0.4) is 0 Å². The number of rotatable bonds is 0. The van der Waals surface area contributed by atoms with Gasteiger partial charge >= 0.3 is 0 Å². The highest BCUT2D eigenvalue weighted by molar-refractivity contribution is 4.72. The minimum absolute atomic E-state index is 0.208. The van der Waals surface area contributed by atoms with Crippen LogP contribution in [0.15, 0.2) is 0 Å².